The largest absolute Gasteiger partial charge is 0.497 e. The van der Waals surface area contributed by atoms with Crippen molar-refractivity contribution in [3.63, 3.8) is 0 Å². The van der Waals surface area contributed by atoms with Crippen molar-refractivity contribution in [3.05, 3.63) is 53.9 Å². The van der Waals surface area contributed by atoms with Crippen LogP contribution in [0.3, 0.4) is 0 Å². The van der Waals surface area contributed by atoms with E-state index in [4.69, 9.17) is 23.9 Å². The molecule has 1 aliphatic rings. The Morgan fingerprint density at radius 2 is 2.00 bits per heavy atom. The van der Waals surface area contributed by atoms with Crippen molar-refractivity contribution in [1.82, 2.24) is 4.98 Å². The van der Waals surface area contributed by atoms with E-state index in [0.29, 0.717) is 28.9 Å². The van der Waals surface area contributed by atoms with Crippen molar-refractivity contribution in [2.45, 2.75) is 18.9 Å². The summed E-state index contributed by atoms with van der Waals surface area (Å²) in [6.07, 6.45) is 1.91. The standard InChI is InChI=1S/C24H26N2O5S/c1-28-18-10-11-22(29-2)20(13-18)21-16-32-24(25-21)26(14-19-9-6-12-30-19)23(27)15-31-17-7-4-3-5-8-17/h3-5,7-8,10-11,13,16,19H,6,9,12,14-15H2,1-2H3/t19-/m0/s1. The van der Waals surface area contributed by atoms with Gasteiger partial charge in [-0.05, 0) is 43.2 Å². The topological polar surface area (TPSA) is 70.1 Å². The molecule has 2 aromatic carbocycles. The van der Waals surface area contributed by atoms with Crippen LogP contribution in [0.4, 0.5) is 5.13 Å². The number of anilines is 1. The van der Waals surface area contributed by atoms with Crippen LogP contribution in [-0.2, 0) is 9.53 Å². The number of para-hydroxylation sites is 1. The number of hydrogen-bond donors (Lipinski definition) is 0. The van der Waals surface area contributed by atoms with Gasteiger partial charge in [0.15, 0.2) is 11.7 Å². The van der Waals surface area contributed by atoms with E-state index in [1.165, 1.54) is 11.3 Å². The zero-order chi connectivity index (χ0) is 22.3. The van der Waals surface area contributed by atoms with E-state index in [-0.39, 0.29) is 18.6 Å². The van der Waals surface area contributed by atoms with E-state index in [0.717, 1.165) is 30.7 Å². The Morgan fingerprint density at radius 1 is 1.16 bits per heavy atom. The molecule has 4 rings (SSSR count). The predicted octanol–water partition coefficient (Wildman–Crippen LogP) is 4.42. The molecule has 2 heterocycles. The Balaban J connectivity index is 1.57. The average Bonchev–Trinajstić information content (AvgIpc) is 3.53. The number of aromatic nitrogens is 1. The summed E-state index contributed by atoms with van der Waals surface area (Å²) in [5.41, 5.74) is 1.52. The van der Waals surface area contributed by atoms with Crippen molar-refractivity contribution < 1.29 is 23.7 Å². The molecule has 7 nitrogen and oxygen atoms in total. The Labute approximate surface area is 191 Å². The summed E-state index contributed by atoms with van der Waals surface area (Å²) in [5, 5.41) is 2.52. The third kappa shape index (κ3) is 5.20. The zero-order valence-corrected chi connectivity index (χ0v) is 19.0. The molecular weight excluding hydrogens is 428 g/mol. The van der Waals surface area contributed by atoms with Gasteiger partial charge in [0.25, 0.3) is 5.91 Å². The monoisotopic (exact) mass is 454 g/mol. The predicted molar refractivity (Wildman–Crippen MR) is 124 cm³/mol. The molecule has 1 atom stereocenters. The van der Waals surface area contributed by atoms with Crippen molar-refractivity contribution in [2.75, 3.05) is 38.9 Å². The highest BCUT2D eigenvalue weighted by atomic mass is 32.1. The maximum Gasteiger partial charge on any atom is 0.266 e. The van der Waals surface area contributed by atoms with Crippen LogP contribution in [0.2, 0.25) is 0 Å². The second-order valence-electron chi connectivity index (χ2n) is 7.32. The third-order valence-corrected chi connectivity index (χ3v) is 6.09. The van der Waals surface area contributed by atoms with Gasteiger partial charge in [-0.1, -0.05) is 18.2 Å². The van der Waals surface area contributed by atoms with E-state index >= 15 is 0 Å². The molecule has 32 heavy (non-hydrogen) atoms. The summed E-state index contributed by atoms with van der Waals surface area (Å²) in [7, 11) is 3.24. The molecule has 0 bridgehead atoms. The third-order valence-electron chi connectivity index (χ3n) is 5.22. The van der Waals surface area contributed by atoms with Crippen LogP contribution >= 0.6 is 11.3 Å². The van der Waals surface area contributed by atoms with Gasteiger partial charge < -0.3 is 18.9 Å². The molecule has 1 amide bonds. The minimum Gasteiger partial charge on any atom is -0.497 e. The lowest BCUT2D eigenvalue weighted by molar-refractivity contribution is -0.120. The number of methoxy groups -OCH3 is 2. The molecule has 0 aliphatic carbocycles. The first-order chi connectivity index (χ1) is 15.7. The van der Waals surface area contributed by atoms with Gasteiger partial charge in [0.05, 0.1) is 32.6 Å². The summed E-state index contributed by atoms with van der Waals surface area (Å²) >= 11 is 1.41. The fraction of sp³-hybridized carbons (Fsp3) is 0.333. The molecule has 0 N–H and O–H groups in total. The SMILES string of the molecule is COc1ccc(OC)c(-c2csc(N(C[C@@H]3CCCO3)C(=O)COc3ccccc3)n2)c1. The molecule has 0 radical (unpaired) electrons. The van der Waals surface area contributed by atoms with Gasteiger partial charge >= 0.3 is 0 Å². The molecule has 168 valence electrons. The number of nitrogens with zero attached hydrogens (tertiary/aromatic N) is 2. The van der Waals surface area contributed by atoms with E-state index in [2.05, 4.69) is 0 Å². The van der Waals surface area contributed by atoms with Crippen LogP contribution in [0.15, 0.2) is 53.9 Å². The first-order valence-corrected chi connectivity index (χ1v) is 11.3. The molecular formula is C24H26N2O5S. The summed E-state index contributed by atoms with van der Waals surface area (Å²) in [4.78, 5) is 19.6. The van der Waals surface area contributed by atoms with Crippen LogP contribution < -0.4 is 19.1 Å². The fourth-order valence-electron chi connectivity index (χ4n) is 3.54. The molecule has 8 heteroatoms. The first kappa shape index (κ1) is 22.1. The smallest absolute Gasteiger partial charge is 0.266 e. The van der Waals surface area contributed by atoms with Crippen LogP contribution in [0.25, 0.3) is 11.3 Å². The van der Waals surface area contributed by atoms with Gasteiger partial charge in [0.1, 0.15) is 17.2 Å². The van der Waals surface area contributed by atoms with Gasteiger partial charge in [0, 0.05) is 17.6 Å². The lowest BCUT2D eigenvalue weighted by atomic mass is 10.1. The van der Waals surface area contributed by atoms with Crippen molar-refractivity contribution in [2.24, 2.45) is 0 Å². The van der Waals surface area contributed by atoms with Gasteiger partial charge in [0.2, 0.25) is 0 Å². The number of carbonyl (C=O) groups is 1. The van der Waals surface area contributed by atoms with Crippen molar-refractivity contribution >= 4 is 22.4 Å². The molecule has 1 saturated heterocycles. The number of ether oxygens (including phenoxy) is 4. The zero-order valence-electron chi connectivity index (χ0n) is 18.2. The highest BCUT2D eigenvalue weighted by molar-refractivity contribution is 7.14. The van der Waals surface area contributed by atoms with Crippen LogP contribution in [0, 0.1) is 0 Å². The second kappa shape index (κ2) is 10.5. The van der Waals surface area contributed by atoms with Crippen molar-refractivity contribution in [1.29, 1.82) is 0 Å². The molecule has 1 aromatic heterocycles. The number of thiazole rings is 1. The van der Waals surface area contributed by atoms with Crippen LogP contribution in [-0.4, -0.2) is 51.0 Å². The highest BCUT2D eigenvalue weighted by Crippen LogP contribution is 2.36. The first-order valence-electron chi connectivity index (χ1n) is 10.5. The summed E-state index contributed by atoms with van der Waals surface area (Å²) in [6.45, 7) is 1.09. The molecule has 0 unspecified atom stereocenters. The summed E-state index contributed by atoms with van der Waals surface area (Å²) in [5.74, 6) is 1.88. The Morgan fingerprint density at radius 3 is 2.72 bits per heavy atom. The van der Waals surface area contributed by atoms with E-state index in [1.807, 2.05) is 53.9 Å². The molecule has 1 fully saturated rings. The van der Waals surface area contributed by atoms with Gasteiger partial charge in [-0.25, -0.2) is 4.98 Å². The number of carbonyl (C=O) groups excluding carboxylic acids is 1. The fourth-order valence-corrected chi connectivity index (χ4v) is 4.40. The van der Waals surface area contributed by atoms with E-state index in [9.17, 15) is 4.79 Å². The quantitative estimate of drug-likeness (QED) is 0.477. The van der Waals surface area contributed by atoms with Gasteiger partial charge in [-0.15, -0.1) is 11.3 Å². The minimum atomic E-state index is -0.164. The number of amides is 1. The van der Waals surface area contributed by atoms with E-state index < -0.39 is 0 Å². The normalized spacial score (nSPS) is 15.4. The van der Waals surface area contributed by atoms with Gasteiger partial charge in [-0.2, -0.15) is 0 Å². The Hall–Kier alpha value is -3.10. The number of benzene rings is 2. The molecule has 0 saturated carbocycles. The average molecular weight is 455 g/mol. The Bertz CT molecular complexity index is 1030. The second-order valence-corrected chi connectivity index (χ2v) is 8.16. The van der Waals surface area contributed by atoms with E-state index in [1.54, 1.807) is 19.1 Å². The van der Waals surface area contributed by atoms with Crippen LogP contribution in [0.5, 0.6) is 17.2 Å². The molecule has 0 spiro atoms. The Kier molecular flexibility index (Phi) is 7.24. The molecule has 1 aliphatic heterocycles. The summed E-state index contributed by atoms with van der Waals surface area (Å²) in [6, 6.07) is 14.9. The minimum absolute atomic E-state index is 0.00520. The summed E-state index contributed by atoms with van der Waals surface area (Å²) < 4.78 is 22.3. The molecule has 3 aromatic rings. The lowest BCUT2D eigenvalue weighted by Crippen LogP contribution is -2.40. The maximum atomic E-state index is 13.1. The number of rotatable bonds is 9. The number of hydrogen-bond acceptors (Lipinski definition) is 7. The highest BCUT2D eigenvalue weighted by Gasteiger charge is 2.27. The van der Waals surface area contributed by atoms with Crippen molar-refractivity contribution in [3.8, 4) is 28.5 Å². The maximum absolute atomic E-state index is 13.1. The van der Waals surface area contributed by atoms with Crippen LogP contribution in [0.1, 0.15) is 12.8 Å². The lowest BCUT2D eigenvalue weighted by Gasteiger charge is -2.23. The van der Waals surface area contributed by atoms with Gasteiger partial charge in [-0.3, -0.25) is 9.69 Å².